The van der Waals surface area contributed by atoms with Crippen molar-refractivity contribution in [2.24, 2.45) is 5.92 Å². The lowest BCUT2D eigenvalue weighted by Crippen LogP contribution is -2.38. The monoisotopic (exact) mass is 401 g/mol. The summed E-state index contributed by atoms with van der Waals surface area (Å²) in [5.74, 6) is 0.468. The van der Waals surface area contributed by atoms with Crippen LogP contribution in [0.2, 0.25) is 0 Å². The maximum Gasteiger partial charge on any atom is 0.255 e. The highest BCUT2D eigenvalue weighted by molar-refractivity contribution is 14.1. The molecule has 3 rings (SSSR count). The number of halogens is 2. The van der Waals surface area contributed by atoms with E-state index in [9.17, 15) is 9.18 Å². The summed E-state index contributed by atoms with van der Waals surface area (Å²) in [6, 6.07) is 4.89. The van der Waals surface area contributed by atoms with Gasteiger partial charge in [-0.25, -0.2) is 4.39 Å². The second-order valence-electron chi connectivity index (χ2n) is 6.32. The zero-order chi connectivity index (χ0) is 14.8. The van der Waals surface area contributed by atoms with Gasteiger partial charge in [-0.15, -0.1) is 0 Å². The Kier molecular flexibility index (Phi) is 4.82. The van der Waals surface area contributed by atoms with Gasteiger partial charge >= 0.3 is 0 Å². The van der Waals surface area contributed by atoms with Crippen LogP contribution in [-0.2, 0) is 0 Å². The first-order valence-corrected chi connectivity index (χ1v) is 8.99. The van der Waals surface area contributed by atoms with Crippen LogP contribution in [0.4, 0.5) is 4.39 Å². The number of hydrogen-bond donors (Lipinski definition) is 0. The molecule has 0 N–H and O–H groups in total. The lowest BCUT2D eigenvalue weighted by atomic mass is 9.89. The van der Waals surface area contributed by atoms with Gasteiger partial charge in [-0.05, 0) is 72.4 Å². The van der Waals surface area contributed by atoms with Crippen molar-refractivity contribution in [1.29, 1.82) is 0 Å². The maximum absolute atomic E-state index is 13.2. The van der Waals surface area contributed by atoms with Crippen molar-refractivity contribution >= 4 is 28.5 Å². The van der Waals surface area contributed by atoms with Crippen molar-refractivity contribution < 1.29 is 9.18 Å². The fourth-order valence-electron chi connectivity index (χ4n) is 3.25. The molecule has 0 saturated heterocycles. The van der Waals surface area contributed by atoms with Crippen molar-refractivity contribution in [2.75, 3.05) is 6.54 Å². The molecule has 114 valence electrons. The summed E-state index contributed by atoms with van der Waals surface area (Å²) >= 11 is 2.06. The molecule has 0 unspecified atom stereocenters. The van der Waals surface area contributed by atoms with Crippen molar-refractivity contribution in [2.45, 2.75) is 51.0 Å². The Morgan fingerprint density at radius 2 is 1.90 bits per heavy atom. The Labute approximate surface area is 139 Å². The van der Waals surface area contributed by atoms with E-state index >= 15 is 0 Å². The summed E-state index contributed by atoms with van der Waals surface area (Å²) in [7, 11) is 0. The molecule has 0 spiro atoms. The third-order valence-corrected chi connectivity index (χ3v) is 5.48. The first-order chi connectivity index (χ1) is 10.1. The maximum atomic E-state index is 13.2. The Bertz CT molecular complexity index is 524. The first-order valence-electron chi connectivity index (χ1n) is 7.91. The molecule has 0 radical (unpaired) electrons. The predicted molar refractivity (Wildman–Crippen MR) is 89.8 cm³/mol. The van der Waals surface area contributed by atoms with Gasteiger partial charge in [-0.2, -0.15) is 0 Å². The molecule has 0 atom stereocenters. The fraction of sp³-hybridized carbons (Fsp3) is 0.588. The summed E-state index contributed by atoms with van der Waals surface area (Å²) < 4.78 is 13.9. The Morgan fingerprint density at radius 3 is 2.52 bits per heavy atom. The number of amides is 1. The number of nitrogens with zero attached hydrogens (tertiary/aromatic N) is 1. The van der Waals surface area contributed by atoms with Crippen molar-refractivity contribution in [3.05, 3.63) is 33.1 Å². The highest BCUT2D eigenvalue weighted by Crippen LogP contribution is 2.33. The second-order valence-corrected chi connectivity index (χ2v) is 7.48. The highest BCUT2D eigenvalue weighted by Gasteiger charge is 2.35. The molecule has 2 saturated carbocycles. The first kappa shape index (κ1) is 15.3. The van der Waals surface area contributed by atoms with Gasteiger partial charge in [0, 0.05) is 16.2 Å². The topological polar surface area (TPSA) is 20.3 Å². The number of carbonyl (C=O) groups excluding carboxylic acids is 1. The largest absolute Gasteiger partial charge is 0.335 e. The summed E-state index contributed by atoms with van der Waals surface area (Å²) in [4.78, 5) is 14.9. The van der Waals surface area contributed by atoms with Gasteiger partial charge in [-0.1, -0.05) is 19.3 Å². The summed E-state index contributed by atoms with van der Waals surface area (Å²) in [6.45, 7) is 0.886. The van der Waals surface area contributed by atoms with Crippen LogP contribution in [0.3, 0.4) is 0 Å². The highest BCUT2D eigenvalue weighted by atomic mass is 127. The zero-order valence-electron chi connectivity index (χ0n) is 12.2. The van der Waals surface area contributed by atoms with Gasteiger partial charge in [0.2, 0.25) is 0 Å². The van der Waals surface area contributed by atoms with Crippen LogP contribution in [0.15, 0.2) is 18.2 Å². The van der Waals surface area contributed by atoms with E-state index in [1.165, 1.54) is 44.2 Å². The van der Waals surface area contributed by atoms with E-state index in [0.29, 0.717) is 21.1 Å². The normalized spacial score (nSPS) is 19.5. The molecule has 21 heavy (non-hydrogen) atoms. The second kappa shape index (κ2) is 6.63. The van der Waals surface area contributed by atoms with Crippen molar-refractivity contribution in [3.63, 3.8) is 0 Å². The van der Waals surface area contributed by atoms with E-state index in [4.69, 9.17) is 0 Å². The quantitative estimate of drug-likeness (QED) is 0.675. The Morgan fingerprint density at radius 1 is 1.19 bits per heavy atom. The minimum atomic E-state index is -0.277. The third kappa shape index (κ3) is 3.76. The lowest BCUT2D eigenvalue weighted by molar-refractivity contribution is 0.0697. The predicted octanol–water partition coefficient (Wildman–Crippen LogP) is 4.62. The zero-order valence-corrected chi connectivity index (χ0v) is 14.3. The molecule has 0 bridgehead atoms. The van der Waals surface area contributed by atoms with E-state index in [-0.39, 0.29) is 11.7 Å². The molecule has 1 aromatic rings. The van der Waals surface area contributed by atoms with Gasteiger partial charge in [-0.3, -0.25) is 4.79 Å². The summed E-state index contributed by atoms with van der Waals surface area (Å²) in [5.41, 5.74) is 0.653. The molecular weight excluding hydrogens is 380 g/mol. The number of rotatable bonds is 4. The van der Waals surface area contributed by atoms with Gasteiger partial charge in [0.1, 0.15) is 5.82 Å². The van der Waals surface area contributed by atoms with Gasteiger partial charge in [0.05, 0.1) is 5.56 Å². The Balaban J connectivity index is 1.75. The molecular formula is C17H21FINO. The average Bonchev–Trinajstić information content (AvgIpc) is 3.30. The van der Waals surface area contributed by atoms with E-state index < -0.39 is 0 Å². The summed E-state index contributed by atoms with van der Waals surface area (Å²) in [6.07, 6.45) is 8.67. The molecule has 0 aliphatic heterocycles. The molecule has 4 heteroatoms. The van der Waals surface area contributed by atoms with E-state index in [1.54, 1.807) is 6.07 Å². The van der Waals surface area contributed by atoms with Crippen LogP contribution in [0.5, 0.6) is 0 Å². The van der Waals surface area contributed by atoms with Gasteiger partial charge in [0.15, 0.2) is 0 Å². The third-order valence-electron chi connectivity index (χ3n) is 4.59. The van der Waals surface area contributed by atoms with Crippen molar-refractivity contribution in [1.82, 2.24) is 4.90 Å². The van der Waals surface area contributed by atoms with Crippen LogP contribution < -0.4 is 0 Å². The van der Waals surface area contributed by atoms with Crippen LogP contribution in [-0.4, -0.2) is 23.4 Å². The number of carbonyl (C=O) groups is 1. The lowest BCUT2D eigenvalue weighted by Gasteiger charge is -2.30. The molecule has 2 fully saturated rings. The van der Waals surface area contributed by atoms with Crippen LogP contribution in [0.25, 0.3) is 0 Å². The van der Waals surface area contributed by atoms with E-state index in [1.807, 2.05) is 0 Å². The van der Waals surface area contributed by atoms with E-state index in [0.717, 1.165) is 19.4 Å². The molecule has 0 heterocycles. The smallest absolute Gasteiger partial charge is 0.255 e. The fourth-order valence-corrected chi connectivity index (χ4v) is 3.96. The number of benzene rings is 1. The Hall–Kier alpha value is -0.650. The molecule has 0 aromatic heterocycles. The SMILES string of the molecule is O=C(c1ccc(F)cc1I)N(CC1CCCCC1)C1CC1. The minimum Gasteiger partial charge on any atom is -0.335 e. The molecule has 2 aliphatic rings. The summed E-state index contributed by atoms with van der Waals surface area (Å²) in [5, 5.41) is 0. The molecule has 1 amide bonds. The van der Waals surface area contributed by atoms with Crippen LogP contribution in [0, 0.1) is 15.3 Å². The van der Waals surface area contributed by atoms with Crippen molar-refractivity contribution in [3.8, 4) is 0 Å². The molecule has 2 aliphatic carbocycles. The molecule has 2 nitrogen and oxygen atoms in total. The van der Waals surface area contributed by atoms with Gasteiger partial charge in [0.25, 0.3) is 5.91 Å². The minimum absolute atomic E-state index is 0.0903. The van der Waals surface area contributed by atoms with Crippen LogP contribution in [0.1, 0.15) is 55.3 Å². The van der Waals surface area contributed by atoms with Crippen LogP contribution >= 0.6 is 22.6 Å². The van der Waals surface area contributed by atoms with E-state index in [2.05, 4.69) is 27.5 Å². The molecule has 1 aromatic carbocycles. The average molecular weight is 401 g/mol. The standard InChI is InChI=1S/C17H21FINO/c18-13-6-9-15(16(19)10-13)17(21)20(14-7-8-14)11-12-4-2-1-3-5-12/h6,9-10,12,14H,1-5,7-8,11H2. The van der Waals surface area contributed by atoms with Gasteiger partial charge < -0.3 is 4.90 Å². The number of hydrogen-bond acceptors (Lipinski definition) is 1.